The van der Waals surface area contributed by atoms with Crippen molar-refractivity contribution in [2.24, 2.45) is 0 Å². The maximum atomic E-state index is 11.4. The average Bonchev–Trinajstić information content (AvgIpc) is 2.47. The van der Waals surface area contributed by atoms with E-state index in [9.17, 15) is 14.4 Å². The van der Waals surface area contributed by atoms with Gasteiger partial charge in [-0.3, -0.25) is 0 Å². The molecule has 7 heteroatoms. The first-order valence-corrected chi connectivity index (χ1v) is 14.9. The van der Waals surface area contributed by atoms with E-state index in [0.29, 0.717) is 4.44 Å². The first-order chi connectivity index (χ1) is 11.8. The molecule has 0 bridgehead atoms. The molecule has 25 heavy (non-hydrogen) atoms. The summed E-state index contributed by atoms with van der Waals surface area (Å²) in [5.41, 5.74) is 0. The van der Waals surface area contributed by atoms with Crippen LogP contribution >= 0.6 is 0 Å². The molecule has 0 rings (SSSR count). The summed E-state index contributed by atoms with van der Waals surface area (Å²) in [5, 5.41) is 0. The van der Waals surface area contributed by atoms with Gasteiger partial charge in [-0.15, -0.1) is 0 Å². The topological polar surface area (TPSA) is 78.9 Å². The summed E-state index contributed by atoms with van der Waals surface area (Å²) in [6, 6.07) is 0. The van der Waals surface area contributed by atoms with Crippen LogP contribution in [0.25, 0.3) is 0 Å². The van der Waals surface area contributed by atoms with Crippen molar-refractivity contribution in [1.29, 1.82) is 0 Å². The average molecular weight is 465 g/mol. The van der Waals surface area contributed by atoms with Crippen LogP contribution in [0.1, 0.15) is 91.9 Å². The number of rotatable bonds is 14. The molecule has 0 aliphatic heterocycles. The Morgan fingerprint density at radius 3 is 1.24 bits per heavy atom. The number of carbonyl (C=O) groups is 3. The summed E-state index contributed by atoms with van der Waals surface area (Å²) >= 11 is -4.49. The van der Waals surface area contributed by atoms with Gasteiger partial charge in [0.1, 0.15) is 0 Å². The van der Waals surface area contributed by atoms with E-state index in [1.54, 1.807) is 0 Å². The molecule has 0 saturated carbocycles. The molecule has 0 fully saturated rings. The Kier molecular flexibility index (Phi) is 13.9. The Morgan fingerprint density at radius 2 is 0.920 bits per heavy atom. The van der Waals surface area contributed by atoms with Crippen LogP contribution in [0, 0.1) is 0 Å². The van der Waals surface area contributed by atoms with Gasteiger partial charge in [0.25, 0.3) is 0 Å². The molecule has 0 aromatic rings. The minimum absolute atomic E-state index is 0.351. The molecule has 6 nitrogen and oxygen atoms in total. The van der Waals surface area contributed by atoms with Crippen molar-refractivity contribution in [2.45, 2.75) is 96.3 Å². The van der Waals surface area contributed by atoms with Crippen LogP contribution in [0.2, 0.25) is 4.44 Å². The van der Waals surface area contributed by atoms with Gasteiger partial charge in [0.05, 0.1) is 0 Å². The van der Waals surface area contributed by atoms with E-state index >= 15 is 0 Å². The Bertz CT molecular complexity index is 370. The number of hydrogen-bond donors (Lipinski definition) is 0. The number of hydrogen-bond acceptors (Lipinski definition) is 6. The summed E-state index contributed by atoms with van der Waals surface area (Å²) in [5.74, 6) is -1.74. The van der Waals surface area contributed by atoms with Crippen molar-refractivity contribution in [1.82, 2.24) is 0 Å². The van der Waals surface area contributed by atoms with E-state index in [-0.39, 0.29) is 0 Å². The summed E-state index contributed by atoms with van der Waals surface area (Å²) in [6.45, 7) is 5.91. The first-order valence-electron chi connectivity index (χ1n) is 9.40. The molecule has 0 unspecified atom stereocenters. The molecule has 146 valence electrons. The van der Waals surface area contributed by atoms with Crippen molar-refractivity contribution in [2.75, 3.05) is 0 Å². The monoisotopic (exact) mass is 466 g/mol. The Hall–Kier alpha value is -0.791. The van der Waals surface area contributed by atoms with Gasteiger partial charge in [-0.1, -0.05) is 0 Å². The van der Waals surface area contributed by atoms with Crippen LogP contribution in [0.5, 0.6) is 0 Å². The van der Waals surface area contributed by atoms with Gasteiger partial charge in [0.15, 0.2) is 0 Å². The molecule has 0 heterocycles. The fourth-order valence-corrected chi connectivity index (χ4v) is 9.63. The van der Waals surface area contributed by atoms with Gasteiger partial charge in [0, 0.05) is 0 Å². The minimum atomic E-state index is -4.49. The molecular formula is C18H34O6Sn. The van der Waals surface area contributed by atoms with Crippen molar-refractivity contribution >= 4 is 37.5 Å². The van der Waals surface area contributed by atoms with Crippen molar-refractivity contribution < 1.29 is 23.6 Å². The van der Waals surface area contributed by atoms with Gasteiger partial charge >= 0.3 is 157 Å². The summed E-state index contributed by atoms with van der Waals surface area (Å²) < 4.78 is 16.0. The van der Waals surface area contributed by atoms with E-state index in [2.05, 4.69) is 6.92 Å². The van der Waals surface area contributed by atoms with Crippen molar-refractivity contribution in [3.63, 3.8) is 0 Å². The standard InChI is InChI=1S/C12H25.3C2H4O2.Sn/c1-3-5-7-9-11-12-10-8-6-4-2;3*1-2(3)4;/h1,3-12H2,2H3;3*1H3,(H,3,4);/q;;;;+3/p-3. The summed E-state index contributed by atoms with van der Waals surface area (Å²) in [6.07, 6.45) is 11.6. The zero-order chi connectivity index (χ0) is 19.1. The van der Waals surface area contributed by atoms with Gasteiger partial charge in [0.2, 0.25) is 0 Å². The van der Waals surface area contributed by atoms with Crippen LogP contribution in [-0.2, 0) is 23.6 Å². The van der Waals surface area contributed by atoms with E-state index in [1.165, 1.54) is 65.7 Å². The number of carbonyl (C=O) groups excluding carboxylic acids is 3. The van der Waals surface area contributed by atoms with Crippen LogP contribution in [0.15, 0.2) is 0 Å². The zero-order valence-electron chi connectivity index (χ0n) is 16.2. The fourth-order valence-electron chi connectivity index (χ4n) is 2.70. The third-order valence-corrected chi connectivity index (χ3v) is 11.6. The van der Waals surface area contributed by atoms with Crippen molar-refractivity contribution in [3.05, 3.63) is 0 Å². The fraction of sp³-hybridized carbons (Fsp3) is 0.833. The van der Waals surface area contributed by atoms with E-state index in [4.69, 9.17) is 9.22 Å². The zero-order valence-corrected chi connectivity index (χ0v) is 19.1. The second-order valence-corrected chi connectivity index (χ2v) is 13.5. The summed E-state index contributed by atoms with van der Waals surface area (Å²) in [7, 11) is 0. The first kappa shape index (κ1) is 24.2. The third-order valence-electron chi connectivity index (χ3n) is 3.73. The second-order valence-electron chi connectivity index (χ2n) is 6.40. The predicted molar refractivity (Wildman–Crippen MR) is 97.7 cm³/mol. The SMILES string of the molecule is CCCCCCCCCCC[CH2][Sn]([O]C(C)=O)([O]C(C)=O)[O]C(C)=O. The van der Waals surface area contributed by atoms with E-state index in [0.717, 1.165) is 19.3 Å². The Labute approximate surface area is 157 Å². The molecule has 0 aliphatic rings. The van der Waals surface area contributed by atoms with E-state index in [1.807, 2.05) is 0 Å². The Balaban J connectivity index is 4.22. The second kappa shape index (κ2) is 14.4. The quantitative estimate of drug-likeness (QED) is 0.277. The van der Waals surface area contributed by atoms with Gasteiger partial charge in [-0.2, -0.15) is 0 Å². The normalized spacial score (nSPS) is 11.0. The Morgan fingerprint density at radius 1 is 0.600 bits per heavy atom. The molecular weight excluding hydrogens is 431 g/mol. The molecule has 0 amide bonds. The van der Waals surface area contributed by atoms with Crippen LogP contribution in [-0.4, -0.2) is 37.5 Å². The van der Waals surface area contributed by atoms with Gasteiger partial charge in [-0.05, 0) is 0 Å². The third kappa shape index (κ3) is 14.1. The molecule has 0 aromatic heterocycles. The van der Waals surface area contributed by atoms with Crippen LogP contribution in [0.4, 0.5) is 0 Å². The number of unbranched alkanes of at least 4 members (excludes halogenated alkanes) is 9. The van der Waals surface area contributed by atoms with Gasteiger partial charge in [-0.25, -0.2) is 0 Å². The molecule has 0 atom stereocenters. The van der Waals surface area contributed by atoms with Gasteiger partial charge < -0.3 is 0 Å². The summed E-state index contributed by atoms with van der Waals surface area (Å²) in [4.78, 5) is 34.1. The van der Waals surface area contributed by atoms with Crippen LogP contribution < -0.4 is 0 Å². The molecule has 0 spiro atoms. The van der Waals surface area contributed by atoms with Crippen LogP contribution in [0.3, 0.4) is 0 Å². The molecule has 0 aliphatic carbocycles. The van der Waals surface area contributed by atoms with Crippen molar-refractivity contribution in [3.8, 4) is 0 Å². The van der Waals surface area contributed by atoms with E-state index < -0.39 is 37.5 Å². The maximum absolute atomic E-state index is 11.4. The molecule has 0 N–H and O–H groups in total. The molecule has 0 aromatic carbocycles. The molecule has 0 saturated heterocycles. The molecule has 0 radical (unpaired) electrons. The predicted octanol–water partition coefficient (Wildman–Crippen LogP) is 4.54.